The number of carbonyl (C=O) groups excluding carboxylic acids is 2. The third-order valence-electron chi connectivity index (χ3n) is 6.77. The molecule has 2 aromatic rings. The number of para-hydroxylation sites is 2. The number of nitrogens with one attached hydrogen (secondary N) is 2. The number of allylic oxidation sites excluding steroid dienone is 1. The van der Waals surface area contributed by atoms with Gasteiger partial charge in [0.2, 0.25) is 0 Å². The van der Waals surface area contributed by atoms with E-state index < -0.39 is 6.04 Å². The van der Waals surface area contributed by atoms with Crippen molar-refractivity contribution in [3.05, 3.63) is 70.4 Å². The van der Waals surface area contributed by atoms with Crippen molar-refractivity contribution in [1.82, 2.24) is 5.32 Å². The zero-order chi connectivity index (χ0) is 22.1. The van der Waals surface area contributed by atoms with Crippen molar-refractivity contribution in [2.45, 2.75) is 63.5 Å². The van der Waals surface area contributed by atoms with E-state index in [-0.39, 0.29) is 17.9 Å². The molecule has 2 amide bonds. The van der Waals surface area contributed by atoms with Crippen LogP contribution in [0.4, 0.5) is 16.2 Å². The molecule has 5 nitrogen and oxygen atoms in total. The first-order valence-corrected chi connectivity index (χ1v) is 12.0. The lowest BCUT2D eigenvalue weighted by atomic mass is 9.86. The number of Topliss-reactive ketones (excluding diaryl/α,β-unsaturated/α-hetero) is 1. The zero-order valence-corrected chi connectivity index (χ0v) is 18.8. The monoisotopic (exact) mass is 449 g/mol. The van der Waals surface area contributed by atoms with Crippen LogP contribution in [0.3, 0.4) is 0 Å². The Morgan fingerprint density at radius 3 is 2.50 bits per heavy atom. The van der Waals surface area contributed by atoms with Gasteiger partial charge in [-0.3, -0.25) is 9.69 Å². The number of halogens is 1. The van der Waals surface area contributed by atoms with E-state index in [1.807, 2.05) is 48.5 Å². The van der Waals surface area contributed by atoms with Crippen LogP contribution in [0.15, 0.2) is 59.8 Å². The number of rotatable bonds is 2. The van der Waals surface area contributed by atoms with Gasteiger partial charge >= 0.3 is 6.03 Å². The Labute approximate surface area is 193 Å². The summed E-state index contributed by atoms with van der Waals surface area (Å²) in [6.07, 6.45) is 7.59. The Balaban J connectivity index is 1.65. The smallest absolute Gasteiger partial charge is 0.323 e. The van der Waals surface area contributed by atoms with Crippen molar-refractivity contribution in [3.8, 4) is 0 Å². The third kappa shape index (κ3) is 4.02. The molecule has 3 aliphatic rings. The van der Waals surface area contributed by atoms with E-state index >= 15 is 0 Å². The highest BCUT2D eigenvalue weighted by Crippen LogP contribution is 2.45. The molecular weight excluding hydrogens is 422 g/mol. The second-order valence-corrected chi connectivity index (χ2v) is 9.36. The van der Waals surface area contributed by atoms with Gasteiger partial charge in [0.1, 0.15) is 0 Å². The molecule has 2 aliphatic carbocycles. The molecule has 1 fully saturated rings. The number of benzene rings is 2. The highest BCUT2D eigenvalue weighted by atomic mass is 35.5. The van der Waals surface area contributed by atoms with Crippen molar-refractivity contribution in [2.24, 2.45) is 0 Å². The van der Waals surface area contributed by atoms with Crippen LogP contribution < -0.4 is 15.5 Å². The zero-order valence-electron chi connectivity index (χ0n) is 18.1. The topological polar surface area (TPSA) is 61.4 Å². The van der Waals surface area contributed by atoms with Crippen LogP contribution in [0, 0.1) is 0 Å². The van der Waals surface area contributed by atoms with Crippen LogP contribution >= 0.6 is 11.6 Å². The second kappa shape index (κ2) is 8.99. The van der Waals surface area contributed by atoms with Crippen molar-refractivity contribution >= 4 is 34.8 Å². The molecule has 6 heteroatoms. The van der Waals surface area contributed by atoms with Gasteiger partial charge in [0.05, 0.1) is 17.4 Å². The highest BCUT2D eigenvalue weighted by molar-refractivity contribution is 6.30. The summed E-state index contributed by atoms with van der Waals surface area (Å²) in [5.74, 6) is 0.0990. The molecule has 0 unspecified atom stereocenters. The Kier molecular flexibility index (Phi) is 5.92. The first-order chi connectivity index (χ1) is 15.6. The predicted molar refractivity (Wildman–Crippen MR) is 128 cm³/mol. The van der Waals surface area contributed by atoms with Crippen LogP contribution in [0.2, 0.25) is 5.02 Å². The minimum Gasteiger partial charge on any atom is -0.357 e. The quantitative estimate of drug-likeness (QED) is 0.560. The van der Waals surface area contributed by atoms with Gasteiger partial charge in [-0.1, -0.05) is 55.1 Å². The molecule has 1 aliphatic heterocycles. The minimum absolute atomic E-state index is 0.0990. The van der Waals surface area contributed by atoms with E-state index in [9.17, 15) is 9.59 Å². The van der Waals surface area contributed by atoms with Crippen LogP contribution in [-0.4, -0.2) is 17.9 Å². The number of carbonyl (C=O) groups is 2. The molecular formula is C26H28ClN3O2. The van der Waals surface area contributed by atoms with Crippen molar-refractivity contribution < 1.29 is 9.59 Å². The minimum atomic E-state index is -0.505. The van der Waals surface area contributed by atoms with Crippen molar-refractivity contribution in [2.75, 3.05) is 10.2 Å². The summed E-state index contributed by atoms with van der Waals surface area (Å²) in [6.45, 7) is 0. The molecule has 0 bridgehead atoms. The molecule has 2 N–H and O–H groups in total. The molecule has 166 valence electrons. The number of hydrogen-bond acceptors (Lipinski definition) is 3. The number of anilines is 2. The van der Waals surface area contributed by atoms with Crippen LogP contribution in [0.25, 0.3) is 0 Å². The maximum absolute atomic E-state index is 13.8. The SMILES string of the molecule is O=C1CCCC2=C1[C@H](c1ccc(Cl)cc1)N(C(=O)NC1CCCCC1)c1ccccc1N2. The van der Waals surface area contributed by atoms with Crippen LogP contribution in [0.5, 0.6) is 0 Å². The fourth-order valence-electron chi connectivity index (χ4n) is 5.21. The molecule has 0 spiro atoms. The molecule has 5 rings (SSSR count). The maximum atomic E-state index is 13.8. The third-order valence-corrected chi connectivity index (χ3v) is 7.03. The number of hydrogen-bond donors (Lipinski definition) is 2. The van der Waals surface area contributed by atoms with Gasteiger partial charge in [0.25, 0.3) is 0 Å². The largest absolute Gasteiger partial charge is 0.357 e. The average Bonchev–Trinajstić information content (AvgIpc) is 2.95. The standard InChI is InChI=1S/C26H28ClN3O2/c27-18-15-13-17(14-16-18)25-24-21(10-6-12-23(24)31)29-20-9-4-5-11-22(20)30(25)26(32)28-19-7-2-1-3-8-19/h4-5,9,11,13-16,19,25,29H,1-3,6-8,10,12H2,(H,28,32)/t25-/m0/s1. The van der Waals surface area contributed by atoms with Gasteiger partial charge in [-0.05, 0) is 55.5 Å². The number of amides is 2. The molecule has 32 heavy (non-hydrogen) atoms. The lowest BCUT2D eigenvalue weighted by Gasteiger charge is -2.35. The molecule has 0 aromatic heterocycles. The summed E-state index contributed by atoms with van der Waals surface area (Å²) in [7, 11) is 0. The number of urea groups is 1. The Morgan fingerprint density at radius 1 is 0.969 bits per heavy atom. The normalized spacial score (nSPS) is 21.3. The van der Waals surface area contributed by atoms with E-state index in [4.69, 9.17) is 11.6 Å². The maximum Gasteiger partial charge on any atom is 0.323 e. The lowest BCUT2D eigenvalue weighted by Crippen LogP contribution is -2.48. The van der Waals surface area contributed by atoms with Gasteiger partial charge in [0, 0.05) is 28.8 Å². The fraction of sp³-hybridized carbons (Fsp3) is 0.385. The van der Waals surface area contributed by atoms with Crippen molar-refractivity contribution in [1.29, 1.82) is 0 Å². The van der Waals surface area contributed by atoms with E-state index in [2.05, 4.69) is 10.6 Å². The summed E-state index contributed by atoms with van der Waals surface area (Å²) < 4.78 is 0. The summed E-state index contributed by atoms with van der Waals surface area (Å²) in [6, 6.07) is 14.8. The van der Waals surface area contributed by atoms with Gasteiger partial charge < -0.3 is 10.6 Å². The summed E-state index contributed by atoms with van der Waals surface area (Å²) >= 11 is 6.17. The first-order valence-electron chi connectivity index (χ1n) is 11.6. The Morgan fingerprint density at radius 2 is 1.72 bits per heavy atom. The van der Waals surface area contributed by atoms with E-state index in [0.717, 1.165) is 61.2 Å². The number of ketones is 1. The van der Waals surface area contributed by atoms with Gasteiger partial charge in [0.15, 0.2) is 5.78 Å². The molecule has 1 heterocycles. The average molecular weight is 450 g/mol. The Hall–Kier alpha value is -2.79. The molecule has 2 aromatic carbocycles. The summed E-state index contributed by atoms with van der Waals surface area (Å²) in [5, 5.41) is 7.41. The second-order valence-electron chi connectivity index (χ2n) is 8.92. The summed E-state index contributed by atoms with van der Waals surface area (Å²) in [5.41, 5.74) is 4.12. The molecule has 1 atom stereocenters. The number of fused-ring (bicyclic) bond motifs is 1. The number of nitrogens with zero attached hydrogens (tertiary/aromatic N) is 1. The van der Waals surface area contributed by atoms with Gasteiger partial charge in [-0.2, -0.15) is 0 Å². The van der Waals surface area contributed by atoms with E-state index in [0.29, 0.717) is 17.0 Å². The highest BCUT2D eigenvalue weighted by Gasteiger charge is 2.40. The first kappa shape index (κ1) is 21.1. The molecule has 1 saturated carbocycles. The van der Waals surface area contributed by atoms with Gasteiger partial charge in [-0.25, -0.2) is 4.79 Å². The molecule has 0 saturated heterocycles. The fourth-order valence-corrected chi connectivity index (χ4v) is 5.34. The van der Waals surface area contributed by atoms with Crippen LogP contribution in [-0.2, 0) is 4.79 Å². The lowest BCUT2D eigenvalue weighted by molar-refractivity contribution is -0.116. The predicted octanol–water partition coefficient (Wildman–Crippen LogP) is 6.36. The van der Waals surface area contributed by atoms with Gasteiger partial charge in [-0.15, -0.1) is 0 Å². The van der Waals surface area contributed by atoms with E-state index in [1.54, 1.807) is 4.90 Å². The van der Waals surface area contributed by atoms with Crippen LogP contribution in [0.1, 0.15) is 63.0 Å². The Bertz CT molecular complexity index is 1060. The molecule has 0 radical (unpaired) electrons. The summed E-state index contributed by atoms with van der Waals surface area (Å²) in [4.78, 5) is 28.9. The van der Waals surface area contributed by atoms with E-state index in [1.165, 1.54) is 6.42 Å². The van der Waals surface area contributed by atoms with Crippen molar-refractivity contribution in [3.63, 3.8) is 0 Å².